The second-order valence-corrected chi connectivity index (χ2v) is 4.36. The molecular weight excluding hydrogens is 230 g/mol. The molecule has 1 N–H and O–H groups in total. The van der Waals surface area contributed by atoms with Crippen molar-refractivity contribution in [3.8, 4) is 0 Å². The van der Waals surface area contributed by atoms with E-state index < -0.39 is 31.0 Å². The summed E-state index contributed by atoms with van der Waals surface area (Å²) in [6.07, 6.45) is 0.328. The zero-order valence-electron chi connectivity index (χ0n) is 9.44. The zero-order valence-corrected chi connectivity index (χ0v) is 9.44. The van der Waals surface area contributed by atoms with Crippen LogP contribution in [0.3, 0.4) is 0 Å². The topological polar surface area (TPSA) is 55.2 Å². The van der Waals surface area contributed by atoms with Crippen LogP contribution in [-0.4, -0.2) is 33.2 Å². The van der Waals surface area contributed by atoms with E-state index in [0.717, 1.165) is 5.56 Å². The summed E-state index contributed by atoms with van der Waals surface area (Å²) in [5.41, 5.74) is 0.918. The van der Waals surface area contributed by atoms with Crippen LogP contribution >= 0.6 is 0 Å². The lowest BCUT2D eigenvalue weighted by atomic mass is 10.3. The lowest BCUT2D eigenvalue weighted by molar-refractivity contribution is -0.0367. The van der Waals surface area contributed by atoms with Crippen LogP contribution in [0, 0.1) is 6.92 Å². The van der Waals surface area contributed by atoms with Gasteiger partial charge in [0.2, 0.25) is 0 Å². The molecule has 1 saturated carbocycles. The highest BCUT2D eigenvalue weighted by molar-refractivity contribution is 5.01. The van der Waals surface area contributed by atoms with Crippen LogP contribution < -0.4 is 0 Å². The predicted molar refractivity (Wildman–Crippen MR) is 55.5 cm³/mol. The molecule has 1 aromatic heterocycles. The first-order valence-corrected chi connectivity index (χ1v) is 5.41. The Balaban J connectivity index is 1.88. The second kappa shape index (κ2) is 4.62. The highest BCUT2D eigenvalue weighted by Gasteiger charge is 2.46. The minimum absolute atomic E-state index is 0.0398. The Morgan fingerprint density at radius 2 is 2.06 bits per heavy atom. The highest BCUT2D eigenvalue weighted by Crippen LogP contribution is 2.36. The van der Waals surface area contributed by atoms with Crippen LogP contribution in [-0.2, 0) is 11.3 Å². The number of nitrogens with zero attached hydrogens (tertiary/aromatic N) is 2. The van der Waals surface area contributed by atoms with Gasteiger partial charge < -0.3 is 9.84 Å². The van der Waals surface area contributed by atoms with Crippen LogP contribution in [0.2, 0.25) is 0 Å². The third-order valence-electron chi connectivity index (χ3n) is 2.70. The van der Waals surface area contributed by atoms with Crippen molar-refractivity contribution in [1.82, 2.24) is 9.97 Å². The summed E-state index contributed by atoms with van der Waals surface area (Å²) in [5, 5.41) is 9.40. The molecular formula is C11H14F2N2O2. The largest absolute Gasteiger partial charge is 0.390 e. The molecule has 0 aromatic carbocycles. The highest BCUT2D eigenvalue weighted by atomic mass is 19.3. The fraction of sp³-hybridized carbons (Fsp3) is 0.636. The molecule has 1 aliphatic carbocycles. The van der Waals surface area contributed by atoms with Crippen molar-refractivity contribution in [3.63, 3.8) is 0 Å². The maximum Gasteiger partial charge on any atom is 0.253 e. The predicted octanol–water partition coefficient (Wildman–Crippen LogP) is 1.46. The summed E-state index contributed by atoms with van der Waals surface area (Å²) in [6, 6.07) is 0. The van der Waals surface area contributed by atoms with Crippen molar-refractivity contribution in [3.05, 3.63) is 23.8 Å². The standard InChI is InChI=1S/C11H14F2N2O2/c1-7-4-14-10(15-5-7)6-17-9-3-11(12,13)2-8(9)16/h4-5,8-9,16H,2-3,6H2,1H3/t8-,9-/m0/s1. The summed E-state index contributed by atoms with van der Waals surface area (Å²) < 4.78 is 31.1. The molecule has 2 rings (SSSR count). The first-order chi connectivity index (χ1) is 7.96. The number of hydrogen-bond donors (Lipinski definition) is 1. The van der Waals surface area contributed by atoms with Gasteiger partial charge in [0.15, 0.2) is 5.82 Å². The van der Waals surface area contributed by atoms with E-state index in [1.54, 1.807) is 12.4 Å². The summed E-state index contributed by atoms with van der Waals surface area (Å²) in [5.74, 6) is -2.41. The van der Waals surface area contributed by atoms with E-state index in [-0.39, 0.29) is 6.61 Å². The van der Waals surface area contributed by atoms with E-state index in [9.17, 15) is 13.9 Å². The van der Waals surface area contributed by atoms with Crippen molar-refractivity contribution in [1.29, 1.82) is 0 Å². The first-order valence-electron chi connectivity index (χ1n) is 5.41. The van der Waals surface area contributed by atoms with E-state index in [1.165, 1.54) is 0 Å². The van der Waals surface area contributed by atoms with Crippen LogP contribution in [0.15, 0.2) is 12.4 Å². The lowest BCUT2D eigenvalue weighted by Gasteiger charge is -2.14. The average molecular weight is 244 g/mol. The van der Waals surface area contributed by atoms with Crippen LogP contribution in [0.5, 0.6) is 0 Å². The fourth-order valence-corrected chi connectivity index (χ4v) is 1.80. The minimum Gasteiger partial charge on any atom is -0.390 e. The molecule has 17 heavy (non-hydrogen) atoms. The molecule has 0 radical (unpaired) electrons. The van der Waals surface area contributed by atoms with Gasteiger partial charge in [0.1, 0.15) is 6.61 Å². The quantitative estimate of drug-likeness (QED) is 0.874. The van der Waals surface area contributed by atoms with Gasteiger partial charge in [0.25, 0.3) is 5.92 Å². The van der Waals surface area contributed by atoms with E-state index >= 15 is 0 Å². The number of ether oxygens (including phenoxy) is 1. The maximum atomic E-state index is 13.0. The minimum atomic E-state index is -2.84. The van der Waals surface area contributed by atoms with Gasteiger partial charge in [-0.1, -0.05) is 0 Å². The number of aryl methyl sites for hydroxylation is 1. The van der Waals surface area contributed by atoms with Crippen LogP contribution in [0.1, 0.15) is 24.2 Å². The molecule has 0 saturated heterocycles. The van der Waals surface area contributed by atoms with E-state index in [2.05, 4.69) is 9.97 Å². The van der Waals surface area contributed by atoms with Gasteiger partial charge in [0, 0.05) is 25.2 Å². The number of aromatic nitrogens is 2. The summed E-state index contributed by atoms with van der Waals surface area (Å²) in [4.78, 5) is 7.99. The van der Waals surface area contributed by atoms with Crippen molar-refractivity contribution in [2.24, 2.45) is 0 Å². The van der Waals surface area contributed by atoms with E-state index in [4.69, 9.17) is 4.74 Å². The van der Waals surface area contributed by atoms with Crippen molar-refractivity contribution < 1.29 is 18.6 Å². The maximum absolute atomic E-state index is 13.0. The molecule has 1 aliphatic rings. The number of rotatable bonds is 3. The van der Waals surface area contributed by atoms with Crippen LogP contribution in [0.4, 0.5) is 8.78 Å². The van der Waals surface area contributed by atoms with Gasteiger partial charge >= 0.3 is 0 Å². The average Bonchev–Trinajstić information content (AvgIpc) is 2.51. The molecule has 0 spiro atoms. The third-order valence-corrected chi connectivity index (χ3v) is 2.70. The molecule has 1 heterocycles. The fourth-order valence-electron chi connectivity index (χ4n) is 1.80. The number of aliphatic hydroxyl groups excluding tert-OH is 1. The van der Waals surface area contributed by atoms with E-state index in [1.807, 2.05) is 6.92 Å². The first kappa shape index (κ1) is 12.3. The molecule has 1 fully saturated rings. The molecule has 4 nitrogen and oxygen atoms in total. The SMILES string of the molecule is Cc1cnc(CO[C@H]2CC(F)(F)C[C@@H]2O)nc1. The lowest BCUT2D eigenvalue weighted by Crippen LogP contribution is -2.22. The number of hydrogen-bond acceptors (Lipinski definition) is 4. The van der Waals surface area contributed by atoms with E-state index in [0.29, 0.717) is 5.82 Å². The Bertz CT molecular complexity index is 384. The molecule has 0 amide bonds. The van der Waals surface area contributed by atoms with Crippen molar-refractivity contribution in [2.75, 3.05) is 0 Å². The Morgan fingerprint density at radius 1 is 1.41 bits per heavy atom. The Hall–Kier alpha value is -1.14. The van der Waals surface area contributed by atoms with Gasteiger partial charge in [-0.3, -0.25) is 0 Å². The zero-order chi connectivity index (χ0) is 12.5. The molecule has 6 heteroatoms. The van der Waals surface area contributed by atoms with Gasteiger partial charge in [-0.2, -0.15) is 0 Å². The van der Waals surface area contributed by atoms with Crippen molar-refractivity contribution in [2.45, 2.75) is 44.5 Å². The van der Waals surface area contributed by atoms with Gasteiger partial charge in [0.05, 0.1) is 12.2 Å². The monoisotopic (exact) mass is 244 g/mol. The number of aliphatic hydroxyl groups is 1. The van der Waals surface area contributed by atoms with Gasteiger partial charge in [-0.05, 0) is 12.5 Å². The summed E-state index contributed by atoms with van der Waals surface area (Å²) >= 11 is 0. The molecule has 94 valence electrons. The number of alkyl halides is 2. The smallest absolute Gasteiger partial charge is 0.253 e. The van der Waals surface area contributed by atoms with Crippen molar-refractivity contribution >= 4 is 0 Å². The third kappa shape index (κ3) is 3.17. The molecule has 0 aliphatic heterocycles. The van der Waals surface area contributed by atoms with Gasteiger partial charge in [-0.15, -0.1) is 0 Å². The Kier molecular flexibility index (Phi) is 3.35. The normalized spacial score (nSPS) is 27.3. The summed E-state index contributed by atoms with van der Waals surface area (Å²) in [6.45, 7) is 1.89. The second-order valence-electron chi connectivity index (χ2n) is 4.36. The molecule has 0 bridgehead atoms. The van der Waals surface area contributed by atoms with Crippen LogP contribution in [0.25, 0.3) is 0 Å². The molecule has 2 atom stereocenters. The number of halogens is 2. The Morgan fingerprint density at radius 3 is 2.59 bits per heavy atom. The Labute approximate surface area is 97.7 Å². The molecule has 0 unspecified atom stereocenters. The van der Waals surface area contributed by atoms with Gasteiger partial charge in [-0.25, -0.2) is 18.7 Å². The molecule has 1 aromatic rings. The summed E-state index contributed by atoms with van der Waals surface area (Å²) in [7, 11) is 0.